The van der Waals surface area contributed by atoms with Gasteiger partial charge in [-0.3, -0.25) is 4.99 Å². The van der Waals surface area contributed by atoms with E-state index in [1.54, 1.807) is 0 Å². The van der Waals surface area contributed by atoms with Gasteiger partial charge in [-0.15, -0.1) is 0 Å². The number of rotatable bonds is 6. The zero-order valence-corrected chi connectivity index (χ0v) is 11.5. The summed E-state index contributed by atoms with van der Waals surface area (Å²) in [5, 5.41) is 6.62. The molecule has 100 valence electrons. The van der Waals surface area contributed by atoms with E-state index in [2.05, 4.69) is 36.4 Å². The highest BCUT2D eigenvalue weighted by Gasteiger charge is 2.14. The second-order valence-electron chi connectivity index (χ2n) is 4.96. The SMILES string of the molecule is CCNC(=NCC1CCCO1)NCCC(C)C. The Morgan fingerprint density at radius 3 is 2.82 bits per heavy atom. The van der Waals surface area contributed by atoms with Crippen LogP contribution in [0, 0.1) is 5.92 Å². The maximum Gasteiger partial charge on any atom is 0.191 e. The lowest BCUT2D eigenvalue weighted by Crippen LogP contribution is -2.38. The van der Waals surface area contributed by atoms with Crippen molar-refractivity contribution < 1.29 is 4.74 Å². The summed E-state index contributed by atoms with van der Waals surface area (Å²) < 4.78 is 5.56. The lowest BCUT2D eigenvalue weighted by Gasteiger charge is -2.13. The van der Waals surface area contributed by atoms with Crippen molar-refractivity contribution in [1.82, 2.24) is 10.6 Å². The van der Waals surface area contributed by atoms with Gasteiger partial charge in [-0.1, -0.05) is 13.8 Å². The van der Waals surface area contributed by atoms with Crippen molar-refractivity contribution in [1.29, 1.82) is 0 Å². The van der Waals surface area contributed by atoms with Crippen LogP contribution < -0.4 is 10.6 Å². The van der Waals surface area contributed by atoms with Gasteiger partial charge in [0.25, 0.3) is 0 Å². The summed E-state index contributed by atoms with van der Waals surface area (Å²) in [4.78, 5) is 4.56. The number of aliphatic imine (C=N–C) groups is 1. The van der Waals surface area contributed by atoms with Crippen LogP contribution in [0.5, 0.6) is 0 Å². The molecule has 1 rings (SSSR count). The van der Waals surface area contributed by atoms with Crippen LogP contribution in [0.15, 0.2) is 4.99 Å². The molecule has 1 fully saturated rings. The first-order valence-corrected chi connectivity index (χ1v) is 6.86. The van der Waals surface area contributed by atoms with Crippen molar-refractivity contribution >= 4 is 5.96 Å². The average Bonchev–Trinajstić information content (AvgIpc) is 2.78. The Morgan fingerprint density at radius 2 is 2.24 bits per heavy atom. The molecule has 2 N–H and O–H groups in total. The van der Waals surface area contributed by atoms with E-state index < -0.39 is 0 Å². The van der Waals surface area contributed by atoms with Gasteiger partial charge >= 0.3 is 0 Å². The molecule has 0 aromatic heterocycles. The highest BCUT2D eigenvalue weighted by Crippen LogP contribution is 2.11. The second kappa shape index (κ2) is 8.34. The molecule has 1 unspecified atom stereocenters. The van der Waals surface area contributed by atoms with Crippen LogP contribution in [-0.2, 0) is 4.74 Å². The van der Waals surface area contributed by atoms with Crippen molar-refractivity contribution in [3.63, 3.8) is 0 Å². The minimum absolute atomic E-state index is 0.329. The van der Waals surface area contributed by atoms with Crippen molar-refractivity contribution in [2.45, 2.75) is 46.1 Å². The van der Waals surface area contributed by atoms with Gasteiger partial charge in [0.05, 0.1) is 12.6 Å². The van der Waals surface area contributed by atoms with Crippen LogP contribution in [0.25, 0.3) is 0 Å². The highest BCUT2D eigenvalue weighted by atomic mass is 16.5. The Balaban J connectivity index is 2.26. The third-order valence-electron chi connectivity index (χ3n) is 2.84. The topological polar surface area (TPSA) is 45.7 Å². The molecule has 0 bridgehead atoms. The van der Waals surface area contributed by atoms with E-state index in [0.717, 1.165) is 44.5 Å². The smallest absolute Gasteiger partial charge is 0.191 e. The number of nitrogens with zero attached hydrogens (tertiary/aromatic N) is 1. The van der Waals surface area contributed by atoms with E-state index in [4.69, 9.17) is 4.74 Å². The van der Waals surface area contributed by atoms with Crippen molar-refractivity contribution in [2.75, 3.05) is 26.2 Å². The van der Waals surface area contributed by atoms with Gasteiger partial charge < -0.3 is 15.4 Å². The fraction of sp³-hybridized carbons (Fsp3) is 0.923. The first-order chi connectivity index (χ1) is 8.22. The summed E-state index contributed by atoms with van der Waals surface area (Å²) in [5.74, 6) is 1.65. The van der Waals surface area contributed by atoms with Gasteiger partial charge in [0.2, 0.25) is 0 Å². The van der Waals surface area contributed by atoms with Crippen LogP contribution >= 0.6 is 0 Å². The molecule has 0 spiro atoms. The minimum Gasteiger partial charge on any atom is -0.376 e. The Bertz CT molecular complexity index is 223. The number of guanidine groups is 1. The number of nitrogens with one attached hydrogen (secondary N) is 2. The van der Waals surface area contributed by atoms with Crippen LogP contribution in [0.1, 0.15) is 40.0 Å². The monoisotopic (exact) mass is 241 g/mol. The summed E-state index contributed by atoms with van der Waals surface area (Å²) >= 11 is 0. The van der Waals surface area contributed by atoms with E-state index in [1.165, 1.54) is 12.8 Å². The molecule has 4 nitrogen and oxygen atoms in total. The molecule has 17 heavy (non-hydrogen) atoms. The normalized spacial score (nSPS) is 20.9. The molecule has 0 amide bonds. The molecule has 1 atom stereocenters. The predicted octanol–water partition coefficient (Wildman–Crippen LogP) is 1.77. The van der Waals surface area contributed by atoms with Gasteiger partial charge in [0.15, 0.2) is 5.96 Å². The van der Waals surface area contributed by atoms with E-state index in [-0.39, 0.29) is 0 Å². The average molecular weight is 241 g/mol. The zero-order chi connectivity index (χ0) is 12.5. The van der Waals surface area contributed by atoms with E-state index in [1.807, 2.05) is 0 Å². The molecular weight excluding hydrogens is 214 g/mol. The molecular formula is C13H27N3O. The van der Waals surface area contributed by atoms with Gasteiger partial charge in [-0.25, -0.2) is 0 Å². The summed E-state index contributed by atoms with van der Waals surface area (Å²) in [6.45, 7) is 10.1. The molecule has 1 aliphatic rings. The van der Waals surface area contributed by atoms with Gasteiger partial charge in [0, 0.05) is 19.7 Å². The largest absolute Gasteiger partial charge is 0.376 e. The van der Waals surface area contributed by atoms with E-state index in [0.29, 0.717) is 6.10 Å². The van der Waals surface area contributed by atoms with Crippen molar-refractivity contribution in [3.05, 3.63) is 0 Å². The van der Waals surface area contributed by atoms with Gasteiger partial charge in [-0.2, -0.15) is 0 Å². The highest BCUT2D eigenvalue weighted by molar-refractivity contribution is 5.79. The van der Waals surface area contributed by atoms with Crippen LogP contribution in [0.4, 0.5) is 0 Å². The van der Waals surface area contributed by atoms with Crippen molar-refractivity contribution in [3.8, 4) is 0 Å². The summed E-state index contributed by atoms with van der Waals surface area (Å²) in [5.41, 5.74) is 0. The van der Waals surface area contributed by atoms with Gasteiger partial charge in [-0.05, 0) is 32.1 Å². The molecule has 0 aromatic carbocycles. The standard InChI is InChI=1S/C13H27N3O/c1-4-14-13(15-8-7-11(2)3)16-10-12-6-5-9-17-12/h11-12H,4-10H2,1-3H3,(H2,14,15,16). The molecule has 1 aliphatic heterocycles. The lowest BCUT2D eigenvalue weighted by molar-refractivity contribution is 0.117. The second-order valence-corrected chi connectivity index (χ2v) is 4.96. The van der Waals surface area contributed by atoms with Crippen LogP contribution in [-0.4, -0.2) is 38.3 Å². The summed E-state index contributed by atoms with van der Waals surface area (Å²) in [6, 6.07) is 0. The Labute approximate surface area is 105 Å². The minimum atomic E-state index is 0.329. The third-order valence-corrected chi connectivity index (χ3v) is 2.84. The number of hydrogen-bond acceptors (Lipinski definition) is 2. The fourth-order valence-electron chi connectivity index (χ4n) is 1.80. The number of hydrogen-bond donors (Lipinski definition) is 2. The van der Waals surface area contributed by atoms with Crippen LogP contribution in [0.2, 0.25) is 0 Å². The van der Waals surface area contributed by atoms with Gasteiger partial charge in [0.1, 0.15) is 0 Å². The summed E-state index contributed by atoms with van der Waals surface area (Å²) in [7, 11) is 0. The lowest BCUT2D eigenvalue weighted by atomic mass is 10.1. The Hall–Kier alpha value is -0.770. The maximum absolute atomic E-state index is 5.56. The molecule has 0 radical (unpaired) electrons. The van der Waals surface area contributed by atoms with E-state index in [9.17, 15) is 0 Å². The Morgan fingerprint density at radius 1 is 1.41 bits per heavy atom. The van der Waals surface area contributed by atoms with Crippen molar-refractivity contribution in [2.24, 2.45) is 10.9 Å². The zero-order valence-electron chi connectivity index (χ0n) is 11.5. The fourth-order valence-corrected chi connectivity index (χ4v) is 1.80. The molecule has 0 aromatic rings. The molecule has 0 aliphatic carbocycles. The Kier molecular flexibility index (Phi) is 7.01. The third kappa shape index (κ3) is 6.51. The summed E-state index contributed by atoms with van der Waals surface area (Å²) in [6.07, 6.45) is 3.83. The maximum atomic E-state index is 5.56. The predicted molar refractivity (Wildman–Crippen MR) is 72.4 cm³/mol. The van der Waals surface area contributed by atoms with Crippen LogP contribution in [0.3, 0.4) is 0 Å². The first-order valence-electron chi connectivity index (χ1n) is 6.86. The molecule has 4 heteroatoms. The first kappa shape index (κ1) is 14.3. The quantitative estimate of drug-likeness (QED) is 0.550. The molecule has 1 saturated heterocycles. The molecule has 0 saturated carbocycles. The molecule has 1 heterocycles. The van der Waals surface area contributed by atoms with E-state index >= 15 is 0 Å². The number of ether oxygens (including phenoxy) is 1.